The Hall–Kier alpha value is -3.12. The Kier molecular flexibility index (Phi) is 6.06. The van der Waals surface area contributed by atoms with E-state index in [-0.39, 0.29) is 25.3 Å². The number of thiophene rings is 1. The van der Waals surface area contributed by atoms with Gasteiger partial charge in [-0.05, 0) is 47.9 Å². The average Bonchev–Trinajstić information content (AvgIpc) is 3.17. The summed E-state index contributed by atoms with van der Waals surface area (Å²) in [7, 11) is -4.17. The van der Waals surface area contributed by atoms with E-state index in [1.54, 1.807) is 16.9 Å². The minimum absolute atomic E-state index is 0.0930. The number of sulfonamides is 1. The van der Waals surface area contributed by atoms with Crippen LogP contribution < -0.4 is 15.6 Å². The molecule has 2 aromatic heterocycles. The number of hydrogen-bond acceptors (Lipinski definition) is 6. The first kappa shape index (κ1) is 23.1. The van der Waals surface area contributed by atoms with Crippen molar-refractivity contribution < 1.29 is 22.7 Å². The lowest BCUT2D eigenvalue weighted by Gasteiger charge is -2.13. The molecule has 0 saturated carbocycles. The maximum absolute atomic E-state index is 14.8. The molecule has 0 bridgehead atoms. The molecule has 0 unspecified atom stereocenters. The van der Waals surface area contributed by atoms with Gasteiger partial charge in [0, 0.05) is 22.2 Å². The molecule has 33 heavy (non-hydrogen) atoms. The Morgan fingerprint density at radius 2 is 1.82 bits per heavy atom. The van der Waals surface area contributed by atoms with Crippen LogP contribution in [0.4, 0.5) is 14.9 Å². The monoisotopic (exact) mass is 527 g/mol. The lowest BCUT2D eigenvalue weighted by molar-refractivity contribution is 0.256. The van der Waals surface area contributed by atoms with Crippen molar-refractivity contribution in [1.82, 2.24) is 9.29 Å². The molecule has 8 nitrogen and oxygen atoms in total. The first-order valence-electron chi connectivity index (χ1n) is 8.98. The van der Waals surface area contributed by atoms with Crippen molar-refractivity contribution in [1.29, 1.82) is 0 Å². The highest BCUT2D eigenvalue weighted by atomic mass is 35.5. The van der Waals surface area contributed by atoms with Crippen molar-refractivity contribution in [2.75, 3.05) is 5.32 Å². The zero-order chi connectivity index (χ0) is 23.9. The molecule has 4 aromatic rings. The number of anilines is 1. The molecule has 3 N–H and O–H groups in total. The van der Waals surface area contributed by atoms with Crippen LogP contribution in [0.3, 0.4) is 0 Å². The predicted molar refractivity (Wildman–Crippen MR) is 125 cm³/mol. The second-order valence-electron chi connectivity index (χ2n) is 6.66. The SMILES string of the molecule is O=C(Nc1ccc(-n2c(O)c3cc(Cl)ccc3cc2=O)c(F)c1)NS(=O)(=O)c1ccc(Cl)s1. The smallest absolute Gasteiger partial charge is 0.333 e. The maximum Gasteiger partial charge on any atom is 0.333 e. The average molecular weight is 528 g/mol. The summed E-state index contributed by atoms with van der Waals surface area (Å²) in [6.45, 7) is 0. The number of fused-ring (bicyclic) bond motifs is 1. The molecule has 0 radical (unpaired) electrons. The van der Waals surface area contributed by atoms with Crippen molar-refractivity contribution in [3.63, 3.8) is 0 Å². The summed E-state index contributed by atoms with van der Waals surface area (Å²) in [5.74, 6) is -1.47. The molecule has 4 rings (SSSR count). The molecule has 2 amide bonds. The molecule has 0 saturated heterocycles. The second kappa shape index (κ2) is 8.67. The van der Waals surface area contributed by atoms with Crippen LogP contribution in [0, 0.1) is 5.82 Å². The van der Waals surface area contributed by atoms with Gasteiger partial charge in [-0.1, -0.05) is 29.3 Å². The van der Waals surface area contributed by atoms with Crippen LogP contribution in [-0.2, 0) is 10.0 Å². The number of aromatic hydroxyl groups is 1. The minimum atomic E-state index is -4.17. The fourth-order valence-electron chi connectivity index (χ4n) is 3.04. The van der Waals surface area contributed by atoms with E-state index in [2.05, 4.69) is 5.32 Å². The van der Waals surface area contributed by atoms with Crippen LogP contribution in [0.25, 0.3) is 16.5 Å². The molecular formula is C20H12Cl2FN3O5S2. The number of nitrogens with zero attached hydrogens (tertiary/aromatic N) is 1. The van der Waals surface area contributed by atoms with Gasteiger partial charge in [0.2, 0.25) is 5.88 Å². The van der Waals surface area contributed by atoms with E-state index in [1.807, 2.05) is 0 Å². The number of carbonyl (C=O) groups excluding carboxylic acids is 1. The number of benzene rings is 2. The van der Waals surface area contributed by atoms with E-state index in [0.717, 1.165) is 28.0 Å². The molecule has 2 aromatic carbocycles. The van der Waals surface area contributed by atoms with Crippen molar-refractivity contribution in [3.05, 3.63) is 80.1 Å². The van der Waals surface area contributed by atoms with Gasteiger partial charge >= 0.3 is 6.03 Å². The number of halogens is 3. The standard InChI is InChI=1S/C20H12Cl2FN3O5S2/c21-11-2-1-10-7-17(27)26(19(28)13(10)8-11)15-4-3-12(9-14(15)23)24-20(29)25-33(30,31)18-6-5-16(22)32-18/h1-9,28H,(H2,24,25,29). The van der Waals surface area contributed by atoms with Gasteiger partial charge in [-0.25, -0.2) is 26.9 Å². The molecule has 0 atom stereocenters. The van der Waals surface area contributed by atoms with Crippen LogP contribution in [0.5, 0.6) is 5.88 Å². The van der Waals surface area contributed by atoms with Gasteiger partial charge in [-0.15, -0.1) is 11.3 Å². The quantitative estimate of drug-likeness (QED) is 0.355. The normalized spacial score (nSPS) is 11.5. The Morgan fingerprint density at radius 3 is 2.48 bits per heavy atom. The van der Waals surface area contributed by atoms with E-state index in [4.69, 9.17) is 23.2 Å². The highest BCUT2D eigenvalue weighted by Crippen LogP contribution is 2.29. The number of carbonyl (C=O) groups is 1. The first-order valence-corrected chi connectivity index (χ1v) is 12.0. The van der Waals surface area contributed by atoms with E-state index >= 15 is 0 Å². The van der Waals surface area contributed by atoms with Gasteiger partial charge in [-0.2, -0.15) is 0 Å². The number of aromatic nitrogens is 1. The van der Waals surface area contributed by atoms with E-state index in [9.17, 15) is 27.5 Å². The lowest BCUT2D eigenvalue weighted by Crippen LogP contribution is -2.34. The molecule has 0 aliphatic carbocycles. The number of pyridine rings is 1. The third-order valence-electron chi connectivity index (χ3n) is 4.45. The van der Waals surface area contributed by atoms with Crippen LogP contribution >= 0.6 is 34.5 Å². The summed E-state index contributed by atoms with van der Waals surface area (Å²) in [5.41, 5.74) is -1.07. The van der Waals surface area contributed by atoms with Gasteiger partial charge in [0.25, 0.3) is 15.6 Å². The maximum atomic E-state index is 14.8. The number of nitrogens with one attached hydrogen (secondary N) is 2. The van der Waals surface area contributed by atoms with E-state index in [1.165, 1.54) is 30.3 Å². The first-order chi connectivity index (χ1) is 15.5. The number of hydrogen-bond donors (Lipinski definition) is 3. The molecule has 13 heteroatoms. The molecule has 170 valence electrons. The molecule has 0 spiro atoms. The van der Waals surface area contributed by atoms with Crippen molar-refractivity contribution in [2.45, 2.75) is 4.21 Å². The highest BCUT2D eigenvalue weighted by Gasteiger charge is 2.20. The summed E-state index contributed by atoms with van der Waals surface area (Å²) in [6, 6.07) is 10.5. The van der Waals surface area contributed by atoms with Gasteiger partial charge in [0.1, 0.15) is 10.0 Å². The van der Waals surface area contributed by atoms with E-state index < -0.39 is 33.3 Å². The third kappa shape index (κ3) is 4.67. The fourth-order valence-corrected chi connectivity index (χ4v) is 5.60. The Morgan fingerprint density at radius 1 is 1.06 bits per heavy atom. The topological polar surface area (TPSA) is 118 Å². The zero-order valence-electron chi connectivity index (χ0n) is 16.2. The van der Waals surface area contributed by atoms with Crippen molar-refractivity contribution in [2.24, 2.45) is 0 Å². The predicted octanol–water partition coefficient (Wildman–Crippen LogP) is 4.71. The Bertz CT molecular complexity index is 1580. The molecule has 0 aliphatic rings. The summed E-state index contributed by atoms with van der Waals surface area (Å²) in [4.78, 5) is 24.6. The van der Waals surface area contributed by atoms with Gasteiger partial charge in [-0.3, -0.25) is 4.79 Å². The fraction of sp³-hybridized carbons (Fsp3) is 0. The third-order valence-corrected chi connectivity index (χ3v) is 7.74. The number of amides is 2. The molecule has 2 heterocycles. The van der Waals surface area contributed by atoms with Gasteiger partial charge < -0.3 is 10.4 Å². The Balaban J connectivity index is 1.62. The molecule has 0 fully saturated rings. The summed E-state index contributed by atoms with van der Waals surface area (Å²) in [5, 5.41) is 13.7. The second-order valence-corrected chi connectivity index (χ2v) is 10.7. The van der Waals surface area contributed by atoms with Gasteiger partial charge in [0.05, 0.1) is 10.0 Å². The summed E-state index contributed by atoms with van der Waals surface area (Å²) in [6.07, 6.45) is 0. The van der Waals surface area contributed by atoms with Gasteiger partial charge in [0.15, 0.2) is 0 Å². The number of rotatable bonds is 4. The van der Waals surface area contributed by atoms with Crippen LogP contribution in [-0.4, -0.2) is 24.1 Å². The zero-order valence-corrected chi connectivity index (χ0v) is 19.3. The van der Waals surface area contributed by atoms with Crippen molar-refractivity contribution in [3.8, 4) is 11.6 Å². The van der Waals surface area contributed by atoms with E-state index in [0.29, 0.717) is 10.4 Å². The molecule has 0 aliphatic heterocycles. The molecular weight excluding hydrogens is 516 g/mol. The van der Waals surface area contributed by atoms with Crippen LogP contribution in [0.15, 0.2) is 63.6 Å². The highest BCUT2D eigenvalue weighted by molar-refractivity contribution is 7.92. The summed E-state index contributed by atoms with van der Waals surface area (Å²) < 4.78 is 41.8. The van der Waals surface area contributed by atoms with Crippen LogP contribution in [0.2, 0.25) is 9.36 Å². The lowest BCUT2D eigenvalue weighted by atomic mass is 10.1. The van der Waals surface area contributed by atoms with Crippen molar-refractivity contribution >= 4 is 67.1 Å². The van der Waals surface area contributed by atoms with Crippen LogP contribution in [0.1, 0.15) is 0 Å². The largest absolute Gasteiger partial charge is 0.494 e. The summed E-state index contributed by atoms with van der Waals surface area (Å²) >= 11 is 12.4. The minimum Gasteiger partial charge on any atom is -0.494 e. The Labute approximate surface area is 199 Å². The number of urea groups is 1.